The number of carbonyl (C=O) groups excluding carboxylic acids is 1. The number of halogens is 3. The summed E-state index contributed by atoms with van der Waals surface area (Å²) in [6, 6.07) is 5.36. The van der Waals surface area contributed by atoms with Gasteiger partial charge in [0.15, 0.2) is 0 Å². The van der Waals surface area contributed by atoms with Crippen LogP contribution in [-0.2, 0) is 11.3 Å². The summed E-state index contributed by atoms with van der Waals surface area (Å²) in [6.07, 6.45) is 3.27. The SMILES string of the molecule is Cl.O=C(NCc1ccc(Cl)cc1Cl)C1CC12CCNCC2. The van der Waals surface area contributed by atoms with Crippen LogP contribution < -0.4 is 10.6 Å². The molecule has 2 aliphatic rings. The van der Waals surface area contributed by atoms with E-state index in [1.807, 2.05) is 6.07 Å². The van der Waals surface area contributed by atoms with E-state index in [1.165, 1.54) is 0 Å². The van der Waals surface area contributed by atoms with Crippen LogP contribution in [0.2, 0.25) is 10.0 Å². The molecule has 1 unspecified atom stereocenters. The molecule has 1 saturated heterocycles. The third-order valence-corrected chi connectivity index (χ3v) is 5.16. The van der Waals surface area contributed by atoms with Crippen molar-refractivity contribution in [3.63, 3.8) is 0 Å². The van der Waals surface area contributed by atoms with Crippen LogP contribution in [0.5, 0.6) is 0 Å². The molecule has 6 heteroatoms. The van der Waals surface area contributed by atoms with Crippen LogP contribution in [0.3, 0.4) is 0 Å². The lowest BCUT2D eigenvalue weighted by Gasteiger charge is -2.23. The highest BCUT2D eigenvalue weighted by Gasteiger charge is 2.57. The molecule has 1 atom stereocenters. The first-order chi connectivity index (χ1) is 9.61. The van der Waals surface area contributed by atoms with Crippen molar-refractivity contribution in [2.75, 3.05) is 13.1 Å². The van der Waals surface area contributed by atoms with Gasteiger partial charge in [0.2, 0.25) is 5.91 Å². The lowest BCUT2D eigenvalue weighted by Crippen LogP contribution is -2.33. The molecule has 2 fully saturated rings. The molecule has 1 amide bonds. The van der Waals surface area contributed by atoms with Crippen LogP contribution in [0, 0.1) is 11.3 Å². The van der Waals surface area contributed by atoms with E-state index < -0.39 is 0 Å². The highest BCUT2D eigenvalue weighted by molar-refractivity contribution is 6.35. The molecule has 0 radical (unpaired) electrons. The van der Waals surface area contributed by atoms with Gasteiger partial charge in [0.25, 0.3) is 0 Å². The van der Waals surface area contributed by atoms with Gasteiger partial charge in [-0.3, -0.25) is 4.79 Å². The smallest absolute Gasteiger partial charge is 0.223 e. The van der Waals surface area contributed by atoms with Gasteiger partial charge in [-0.15, -0.1) is 12.4 Å². The minimum Gasteiger partial charge on any atom is -0.352 e. The van der Waals surface area contributed by atoms with Crippen molar-refractivity contribution in [3.05, 3.63) is 33.8 Å². The number of carbonyl (C=O) groups is 1. The lowest BCUT2D eigenvalue weighted by atomic mass is 9.92. The molecule has 1 aliphatic heterocycles. The molecule has 1 aromatic carbocycles. The summed E-state index contributed by atoms with van der Waals surface area (Å²) in [5, 5.41) is 7.57. The van der Waals surface area contributed by atoms with E-state index in [0.717, 1.165) is 37.9 Å². The van der Waals surface area contributed by atoms with E-state index in [2.05, 4.69) is 10.6 Å². The molecular weight excluding hydrogens is 331 g/mol. The average Bonchev–Trinajstić information content (AvgIpc) is 3.12. The summed E-state index contributed by atoms with van der Waals surface area (Å²) in [6.45, 7) is 2.54. The number of nitrogens with one attached hydrogen (secondary N) is 2. The first-order valence-electron chi connectivity index (χ1n) is 7.03. The average molecular weight is 350 g/mol. The fourth-order valence-corrected chi connectivity index (χ4v) is 3.64. The number of amides is 1. The van der Waals surface area contributed by atoms with Crippen LogP contribution in [-0.4, -0.2) is 19.0 Å². The van der Waals surface area contributed by atoms with Crippen molar-refractivity contribution in [2.45, 2.75) is 25.8 Å². The van der Waals surface area contributed by atoms with Gasteiger partial charge >= 0.3 is 0 Å². The van der Waals surface area contributed by atoms with Crippen LogP contribution in [0.1, 0.15) is 24.8 Å². The van der Waals surface area contributed by atoms with E-state index >= 15 is 0 Å². The third kappa shape index (κ3) is 3.65. The number of piperidine rings is 1. The molecule has 1 heterocycles. The second-order valence-electron chi connectivity index (χ2n) is 5.82. The van der Waals surface area contributed by atoms with Gasteiger partial charge < -0.3 is 10.6 Å². The molecular formula is C15H19Cl3N2O. The molecule has 1 aliphatic carbocycles. The Hall–Kier alpha value is -0.480. The van der Waals surface area contributed by atoms with Crippen LogP contribution in [0.25, 0.3) is 0 Å². The third-order valence-electron chi connectivity index (χ3n) is 4.57. The maximum absolute atomic E-state index is 12.2. The fourth-order valence-electron chi connectivity index (χ4n) is 3.17. The van der Waals surface area contributed by atoms with Crippen molar-refractivity contribution in [3.8, 4) is 0 Å². The van der Waals surface area contributed by atoms with E-state index in [4.69, 9.17) is 23.2 Å². The van der Waals surface area contributed by atoms with Gasteiger partial charge in [-0.2, -0.15) is 0 Å². The highest BCUT2D eigenvalue weighted by Crippen LogP contribution is 2.58. The van der Waals surface area contributed by atoms with Gasteiger partial charge in [0, 0.05) is 22.5 Å². The van der Waals surface area contributed by atoms with E-state index in [9.17, 15) is 4.79 Å². The molecule has 3 nitrogen and oxygen atoms in total. The quantitative estimate of drug-likeness (QED) is 0.878. The second kappa shape index (κ2) is 6.74. The normalized spacial score (nSPS) is 22.5. The Kier molecular flexibility index (Phi) is 5.42. The Balaban J connectivity index is 0.00000161. The molecule has 1 saturated carbocycles. The summed E-state index contributed by atoms with van der Waals surface area (Å²) in [7, 11) is 0. The predicted octanol–water partition coefficient (Wildman–Crippen LogP) is 3.42. The first kappa shape index (κ1) is 16.9. The topological polar surface area (TPSA) is 41.1 Å². The molecule has 21 heavy (non-hydrogen) atoms. The van der Waals surface area contributed by atoms with Gasteiger partial charge in [0.05, 0.1) is 0 Å². The summed E-state index contributed by atoms with van der Waals surface area (Å²) < 4.78 is 0. The van der Waals surface area contributed by atoms with E-state index in [-0.39, 0.29) is 29.6 Å². The number of hydrogen-bond donors (Lipinski definition) is 2. The number of benzene rings is 1. The Morgan fingerprint density at radius 1 is 1.33 bits per heavy atom. The maximum atomic E-state index is 12.2. The Bertz CT molecular complexity index is 530. The molecule has 0 bridgehead atoms. The predicted molar refractivity (Wildman–Crippen MR) is 88.2 cm³/mol. The van der Waals surface area contributed by atoms with Crippen molar-refractivity contribution in [1.82, 2.24) is 10.6 Å². The van der Waals surface area contributed by atoms with Gasteiger partial charge in [-0.1, -0.05) is 29.3 Å². The summed E-state index contributed by atoms with van der Waals surface area (Å²) in [4.78, 5) is 12.2. The fraction of sp³-hybridized carbons (Fsp3) is 0.533. The lowest BCUT2D eigenvalue weighted by molar-refractivity contribution is -0.123. The minimum atomic E-state index is 0. The highest BCUT2D eigenvalue weighted by atomic mass is 35.5. The van der Waals surface area contributed by atoms with E-state index in [0.29, 0.717) is 16.6 Å². The molecule has 0 aromatic heterocycles. The zero-order valence-electron chi connectivity index (χ0n) is 11.6. The molecule has 3 rings (SSSR count). The second-order valence-corrected chi connectivity index (χ2v) is 6.67. The monoisotopic (exact) mass is 348 g/mol. The van der Waals surface area contributed by atoms with Gasteiger partial charge in [-0.25, -0.2) is 0 Å². The van der Waals surface area contributed by atoms with Crippen LogP contribution in [0.15, 0.2) is 18.2 Å². The number of hydrogen-bond acceptors (Lipinski definition) is 2. The minimum absolute atomic E-state index is 0. The number of rotatable bonds is 3. The Morgan fingerprint density at radius 2 is 2.05 bits per heavy atom. The molecule has 1 aromatic rings. The Morgan fingerprint density at radius 3 is 2.71 bits per heavy atom. The van der Waals surface area contributed by atoms with Crippen molar-refractivity contribution < 1.29 is 4.79 Å². The molecule has 2 N–H and O–H groups in total. The maximum Gasteiger partial charge on any atom is 0.223 e. The van der Waals surface area contributed by atoms with Crippen molar-refractivity contribution >= 4 is 41.5 Å². The van der Waals surface area contributed by atoms with Gasteiger partial charge in [0.1, 0.15) is 0 Å². The first-order valence-corrected chi connectivity index (χ1v) is 7.79. The summed E-state index contributed by atoms with van der Waals surface area (Å²) in [5.74, 6) is 0.355. The zero-order chi connectivity index (χ0) is 14.2. The van der Waals surface area contributed by atoms with Gasteiger partial charge in [-0.05, 0) is 55.5 Å². The van der Waals surface area contributed by atoms with E-state index in [1.54, 1.807) is 12.1 Å². The Labute approximate surface area is 141 Å². The molecule has 1 spiro atoms. The molecule has 116 valence electrons. The van der Waals surface area contributed by atoms with Crippen molar-refractivity contribution in [1.29, 1.82) is 0 Å². The zero-order valence-corrected chi connectivity index (χ0v) is 14.0. The van der Waals surface area contributed by atoms with Crippen LogP contribution >= 0.6 is 35.6 Å². The van der Waals surface area contributed by atoms with Crippen molar-refractivity contribution in [2.24, 2.45) is 11.3 Å². The van der Waals surface area contributed by atoms with Crippen LogP contribution in [0.4, 0.5) is 0 Å². The summed E-state index contributed by atoms with van der Waals surface area (Å²) in [5.41, 5.74) is 1.18. The summed E-state index contributed by atoms with van der Waals surface area (Å²) >= 11 is 12.0. The largest absolute Gasteiger partial charge is 0.352 e. The standard InChI is InChI=1S/C15H18Cl2N2O.ClH/c16-11-2-1-10(13(17)7-11)9-19-14(20)12-8-15(12)3-5-18-6-4-15;/h1-2,7,12,18H,3-6,8-9H2,(H,19,20);1H.